The third kappa shape index (κ3) is 2.20. The fourth-order valence-corrected chi connectivity index (χ4v) is 2.64. The number of nitrogens with one attached hydrogen (secondary N) is 1. The van der Waals surface area contributed by atoms with Crippen LogP contribution in [0.25, 0.3) is 22.2 Å². The first kappa shape index (κ1) is 13.2. The van der Waals surface area contributed by atoms with Gasteiger partial charge in [0.2, 0.25) is 0 Å². The fraction of sp³-hybridized carbons (Fsp3) is 0.235. The van der Waals surface area contributed by atoms with Gasteiger partial charge in [-0.25, -0.2) is 4.98 Å². The van der Waals surface area contributed by atoms with Gasteiger partial charge in [-0.1, -0.05) is 56.6 Å². The maximum absolute atomic E-state index is 6.49. The van der Waals surface area contributed by atoms with E-state index >= 15 is 0 Å². The normalized spacial score (nSPS) is 12.0. The molecule has 0 unspecified atom stereocenters. The molecule has 2 heterocycles. The average molecular weight is 285 g/mol. The van der Waals surface area contributed by atoms with Crippen LogP contribution in [-0.2, 0) is 5.41 Å². The fourth-order valence-electron chi connectivity index (χ4n) is 2.33. The molecule has 3 rings (SSSR count). The van der Waals surface area contributed by atoms with Crippen LogP contribution in [0.5, 0.6) is 0 Å². The van der Waals surface area contributed by atoms with Crippen molar-refractivity contribution in [1.29, 1.82) is 0 Å². The van der Waals surface area contributed by atoms with Crippen LogP contribution in [0.15, 0.2) is 42.7 Å². The Bertz CT molecular complexity index is 749. The lowest BCUT2D eigenvalue weighted by molar-refractivity contribution is 0.590. The predicted molar refractivity (Wildman–Crippen MR) is 85.2 cm³/mol. The molecule has 20 heavy (non-hydrogen) atoms. The van der Waals surface area contributed by atoms with Gasteiger partial charge in [-0.3, -0.25) is 0 Å². The van der Waals surface area contributed by atoms with Crippen molar-refractivity contribution < 1.29 is 0 Å². The van der Waals surface area contributed by atoms with Gasteiger partial charge in [0.15, 0.2) is 0 Å². The molecule has 1 aromatic carbocycles. The van der Waals surface area contributed by atoms with E-state index in [9.17, 15) is 0 Å². The van der Waals surface area contributed by atoms with E-state index in [4.69, 9.17) is 11.6 Å². The van der Waals surface area contributed by atoms with E-state index in [1.54, 1.807) is 0 Å². The first-order valence-corrected chi connectivity index (χ1v) is 7.07. The molecule has 0 fully saturated rings. The average Bonchev–Trinajstić information content (AvgIpc) is 2.88. The summed E-state index contributed by atoms with van der Waals surface area (Å²) in [7, 11) is 0. The Morgan fingerprint density at radius 1 is 1.05 bits per heavy atom. The summed E-state index contributed by atoms with van der Waals surface area (Å²) in [5, 5.41) is 1.71. The second kappa shape index (κ2) is 4.64. The van der Waals surface area contributed by atoms with Crippen LogP contribution in [0.4, 0.5) is 0 Å². The molecule has 0 bridgehead atoms. The molecule has 0 aliphatic heterocycles. The summed E-state index contributed by atoms with van der Waals surface area (Å²) in [5.74, 6) is 0. The van der Waals surface area contributed by atoms with Crippen LogP contribution in [0.2, 0.25) is 5.02 Å². The third-order valence-corrected chi connectivity index (χ3v) is 3.99. The lowest BCUT2D eigenvalue weighted by Gasteiger charge is -2.19. The number of fused-ring (bicyclic) bond motifs is 1. The first-order chi connectivity index (χ1) is 9.47. The molecule has 0 saturated carbocycles. The molecular weight excluding hydrogens is 268 g/mol. The number of nitrogens with zero attached hydrogens (tertiary/aromatic N) is 1. The van der Waals surface area contributed by atoms with Crippen molar-refractivity contribution in [2.45, 2.75) is 26.2 Å². The first-order valence-electron chi connectivity index (χ1n) is 6.69. The smallest absolute Gasteiger partial charge is 0.138 e. The highest BCUT2D eigenvalue weighted by atomic mass is 35.5. The Balaban J connectivity index is 2.09. The van der Waals surface area contributed by atoms with E-state index in [1.807, 2.05) is 18.5 Å². The summed E-state index contributed by atoms with van der Waals surface area (Å²) in [4.78, 5) is 7.48. The monoisotopic (exact) mass is 284 g/mol. The number of H-pyrrole nitrogens is 1. The molecule has 102 valence electrons. The summed E-state index contributed by atoms with van der Waals surface area (Å²) in [6.45, 7) is 6.63. The Morgan fingerprint density at radius 3 is 2.40 bits per heavy atom. The van der Waals surface area contributed by atoms with Crippen molar-refractivity contribution in [3.05, 3.63) is 53.3 Å². The molecule has 0 spiro atoms. The molecule has 0 saturated heterocycles. The highest BCUT2D eigenvalue weighted by Crippen LogP contribution is 2.33. The van der Waals surface area contributed by atoms with Crippen LogP contribution < -0.4 is 0 Å². The Morgan fingerprint density at radius 2 is 1.75 bits per heavy atom. The lowest BCUT2D eigenvalue weighted by Crippen LogP contribution is -2.10. The molecule has 0 radical (unpaired) electrons. The molecular formula is C17H17ClN2. The molecule has 2 aromatic heterocycles. The van der Waals surface area contributed by atoms with Crippen LogP contribution >= 0.6 is 11.6 Å². The zero-order valence-electron chi connectivity index (χ0n) is 11.9. The number of hydrogen-bond donors (Lipinski definition) is 1. The van der Waals surface area contributed by atoms with Crippen LogP contribution in [0.3, 0.4) is 0 Å². The minimum atomic E-state index is 0.158. The van der Waals surface area contributed by atoms with Gasteiger partial charge >= 0.3 is 0 Å². The molecule has 2 nitrogen and oxygen atoms in total. The van der Waals surface area contributed by atoms with Crippen LogP contribution in [0, 0.1) is 0 Å². The van der Waals surface area contributed by atoms with Crippen molar-refractivity contribution in [3.63, 3.8) is 0 Å². The molecule has 0 aliphatic carbocycles. The number of halogens is 1. The number of hydrogen-bond acceptors (Lipinski definition) is 1. The predicted octanol–water partition coefficient (Wildman–Crippen LogP) is 5.18. The van der Waals surface area contributed by atoms with Crippen LogP contribution in [0.1, 0.15) is 26.3 Å². The van der Waals surface area contributed by atoms with Gasteiger partial charge in [0.1, 0.15) is 5.65 Å². The zero-order chi connectivity index (χ0) is 14.3. The van der Waals surface area contributed by atoms with E-state index in [1.165, 1.54) is 5.56 Å². The SMILES string of the molecule is CC(C)(C)c1ccc(-c2cnc3[nH]ccc3c2Cl)cc1. The number of benzene rings is 1. The summed E-state index contributed by atoms with van der Waals surface area (Å²) in [6, 6.07) is 10.5. The summed E-state index contributed by atoms with van der Waals surface area (Å²) < 4.78 is 0. The molecule has 3 heteroatoms. The van der Waals surface area contributed by atoms with Gasteiger partial charge < -0.3 is 4.98 Å². The zero-order valence-corrected chi connectivity index (χ0v) is 12.6. The molecule has 1 N–H and O–H groups in total. The second-order valence-electron chi connectivity index (χ2n) is 6.05. The van der Waals surface area contributed by atoms with Gasteiger partial charge in [-0.2, -0.15) is 0 Å². The van der Waals surface area contributed by atoms with Crippen molar-refractivity contribution in [2.75, 3.05) is 0 Å². The number of rotatable bonds is 1. The van der Waals surface area contributed by atoms with Crippen molar-refractivity contribution in [1.82, 2.24) is 9.97 Å². The quantitative estimate of drug-likeness (QED) is 0.655. The maximum Gasteiger partial charge on any atom is 0.138 e. The van der Waals surface area contributed by atoms with E-state index in [-0.39, 0.29) is 5.41 Å². The lowest BCUT2D eigenvalue weighted by atomic mass is 9.86. The summed E-state index contributed by atoms with van der Waals surface area (Å²) in [6.07, 6.45) is 3.68. The molecule has 0 atom stereocenters. The van der Waals surface area contributed by atoms with Gasteiger partial charge in [0, 0.05) is 23.3 Å². The highest BCUT2D eigenvalue weighted by Gasteiger charge is 2.14. The second-order valence-corrected chi connectivity index (χ2v) is 6.43. The van der Waals surface area contributed by atoms with Gasteiger partial charge in [0.25, 0.3) is 0 Å². The van der Waals surface area contributed by atoms with Gasteiger partial charge in [-0.05, 0) is 22.6 Å². The van der Waals surface area contributed by atoms with E-state index in [0.717, 1.165) is 27.2 Å². The summed E-state index contributed by atoms with van der Waals surface area (Å²) in [5.41, 5.74) is 4.36. The van der Waals surface area contributed by atoms with E-state index in [2.05, 4.69) is 55.0 Å². The Kier molecular flexibility index (Phi) is 3.06. The standard InChI is InChI=1S/C17H17ClN2/c1-17(2,3)12-6-4-11(5-7-12)14-10-20-16-13(15(14)18)8-9-19-16/h4-10H,1-3H3,(H,19,20). The Hall–Kier alpha value is -1.80. The molecule has 3 aromatic rings. The van der Waals surface area contributed by atoms with Crippen molar-refractivity contribution in [2.24, 2.45) is 0 Å². The van der Waals surface area contributed by atoms with E-state index < -0.39 is 0 Å². The Labute approximate surface area is 123 Å². The molecule has 0 amide bonds. The minimum absolute atomic E-state index is 0.158. The number of aromatic amines is 1. The van der Waals surface area contributed by atoms with Crippen LogP contribution in [-0.4, -0.2) is 9.97 Å². The van der Waals surface area contributed by atoms with Gasteiger partial charge in [-0.15, -0.1) is 0 Å². The minimum Gasteiger partial charge on any atom is -0.346 e. The molecule has 0 aliphatic rings. The largest absolute Gasteiger partial charge is 0.346 e. The van der Waals surface area contributed by atoms with E-state index in [0.29, 0.717) is 0 Å². The number of aromatic nitrogens is 2. The van der Waals surface area contributed by atoms with Crippen molar-refractivity contribution >= 4 is 22.6 Å². The topological polar surface area (TPSA) is 28.7 Å². The maximum atomic E-state index is 6.49. The van der Waals surface area contributed by atoms with Gasteiger partial charge in [0.05, 0.1) is 5.02 Å². The number of pyridine rings is 1. The highest BCUT2D eigenvalue weighted by molar-refractivity contribution is 6.37. The third-order valence-electron chi connectivity index (χ3n) is 3.58. The van der Waals surface area contributed by atoms with Crippen molar-refractivity contribution in [3.8, 4) is 11.1 Å². The summed E-state index contributed by atoms with van der Waals surface area (Å²) >= 11 is 6.49.